The average Bonchev–Trinajstić information content (AvgIpc) is 2.86. The Hall–Kier alpha value is -1.68. The lowest BCUT2D eigenvalue weighted by atomic mass is 10.1. The van der Waals surface area contributed by atoms with Gasteiger partial charge in [0.1, 0.15) is 0 Å². The van der Waals surface area contributed by atoms with Gasteiger partial charge in [0.25, 0.3) is 0 Å². The van der Waals surface area contributed by atoms with Gasteiger partial charge in [-0.1, -0.05) is 12.1 Å². The molecule has 94 valence electrons. The molecule has 2 rings (SSSR count). The molecule has 0 unspecified atom stereocenters. The van der Waals surface area contributed by atoms with Crippen molar-refractivity contribution in [1.29, 1.82) is 0 Å². The Labute approximate surface area is 111 Å². The first-order valence-electron chi connectivity index (χ1n) is 5.90. The lowest BCUT2D eigenvalue weighted by Gasteiger charge is -2.09. The lowest BCUT2D eigenvalue weighted by Crippen LogP contribution is -2.13. The number of nitrogens with one attached hydrogen (secondary N) is 1. The van der Waals surface area contributed by atoms with Crippen molar-refractivity contribution in [2.24, 2.45) is 0 Å². The van der Waals surface area contributed by atoms with Gasteiger partial charge in [0, 0.05) is 17.5 Å². The predicted molar refractivity (Wildman–Crippen MR) is 75.0 cm³/mol. The summed E-state index contributed by atoms with van der Waals surface area (Å²) in [6, 6.07) is 5.93. The first kappa shape index (κ1) is 12.8. The van der Waals surface area contributed by atoms with Crippen LogP contribution in [0.2, 0.25) is 0 Å². The minimum Gasteiger partial charge on any atom is -0.326 e. The molecule has 0 atom stereocenters. The summed E-state index contributed by atoms with van der Waals surface area (Å²) in [5.74, 6) is 0.0386. The minimum atomic E-state index is 0.0386. The van der Waals surface area contributed by atoms with Crippen LogP contribution >= 0.6 is 11.3 Å². The van der Waals surface area contributed by atoms with Crippen LogP contribution in [0, 0.1) is 13.8 Å². The highest BCUT2D eigenvalue weighted by atomic mass is 32.1. The Bertz CT molecular complexity index is 535. The fourth-order valence-electron chi connectivity index (χ4n) is 1.70. The molecule has 0 spiro atoms. The summed E-state index contributed by atoms with van der Waals surface area (Å²) in [5, 5.41) is 4.93. The van der Waals surface area contributed by atoms with Crippen molar-refractivity contribution in [3.8, 4) is 0 Å². The molecular formula is C14H16N2OS. The fourth-order valence-corrected chi connectivity index (χ4v) is 2.29. The summed E-state index contributed by atoms with van der Waals surface area (Å²) in [5.41, 5.74) is 5.99. The standard InChI is InChI=1S/C14H16N2OS/c1-10-4-3-5-13(11(10)2)16-14(17)7-6-12-8-18-9-15-12/h3-5,8-9H,6-7H2,1-2H3,(H,16,17). The average molecular weight is 260 g/mol. The van der Waals surface area contributed by atoms with Gasteiger partial charge < -0.3 is 5.32 Å². The first-order valence-corrected chi connectivity index (χ1v) is 6.84. The van der Waals surface area contributed by atoms with Crippen LogP contribution in [0.1, 0.15) is 23.2 Å². The Morgan fingerprint density at radius 1 is 1.39 bits per heavy atom. The topological polar surface area (TPSA) is 42.0 Å². The van der Waals surface area contributed by atoms with E-state index in [-0.39, 0.29) is 5.91 Å². The molecule has 1 heterocycles. The molecule has 0 radical (unpaired) electrons. The highest BCUT2D eigenvalue weighted by Crippen LogP contribution is 2.18. The number of hydrogen-bond donors (Lipinski definition) is 1. The van der Waals surface area contributed by atoms with Gasteiger partial charge in [-0.3, -0.25) is 4.79 Å². The van der Waals surface area contributed by atoms with E-state index >= 15 is 0 Å². The number of carbonyl (C=O) groups is 1. The molecule has 0 aliphatic rings. The smallest absolute Gasteiger partial charge is 0.224 e. The summed E-state index contributed by atoms with van der Waals surface area (Å²) in [4.78, 5) is 16.0. The number of thiazole rings is 1. The third kappa shape index (κ3) is 3.17. The number of benzene rings is 1. The van der Waals surface area contributed by atoms with Crippen molar-refractivity contribution in [3.05, 3.63) is 45.9 Å². The van der Waals surface area contributed by atoms with Crippen molar-refractivity contribution in [2.45, 2.75) is 26.7 Å². The normalized spacial score (nSPS) is 10.3. The third-order valence-electron chi connectivity index (χ3n) is 2.97. The molecule has 18 heavy (non-hydrogen) atoms. The number of anilines is 1. The highest BCUT2D eigenvalue weighted by Gasteiger charge is 2.06. The molecule has 0 saturated carbocycles. The molecule has 0 aliphatic heterocycles. The Balaban J connectivity index is 1.93. The first-order chi connectivity index (χ1) is 8.66. The molecule has 1 amide bonds. The van der Waals surface area contributed by atoms with E-state index in [1.54, 1.807) is 16.8 Å². The SMILES string of the molecule is Cc1cccc(NC(=O)CCc2cscn2)c1C. The number of aromatic nitrogens is 1. The maximum atomic E-state index is 11.8. The van der Waals surface area contributed by atoms with Crippen LogP contribution in [-0.4, -0.2) is 10.9 Å². The molecule has 1 N–H and O–H groups in total. The van der Waals surface area contributed by atoms with Gasteiger partial charge in [0.15, 0.2) is 0 Å². The largest absolute Gasteiger partial charge is 0.326 e. The second-order valence-corrected chi connectivity index (χ2v) is 4.99. The predicted octanol–water partition coefficient (Wildman–Crippen LogP) is 3.33. The van der Waals surface area contributed by atoms with E-state index < -0.39 is 0 Å². The quantitative estimate of drug-likeness (QED) is 0.916. The number of carbonyl (C=O) groups excluding carboxylic acids is 1. The van der Waals surface area contributed by atoms with E-state index in [0.29, 0.717) is 12.8 Å². The third-order valence-corrected chi connectivity index (χ3v) is 3.61. The minimum absolute atomic E-state index is 0.0386. The second kappa shape index (κ2) is 5.78. The maximum Gasteiger partial charge on any atom is 0.224 e. The molecule has 1 aromatic heterocycles. The monoisotopic (exact) mass is 260 g/mol. The van der Waals surface area contributed by atoms with Crippen LogP contribution in [0.4, 0.5) is 5.69 Å². The Morgan fingerprint density at radius 2 is 2.22 bits per heavy atom. The maximum absolute atomic E-state index is 11.8. The van der Waals surface area contributed by atoms with E-state index in [1.807, 2.05) is 37.4 Å². The fraction of sp³-hybridized carbons (Fsp3) is 0.286. The van der Waals surface area contributed by atoms with Crippen LogP contribution in [0.25, 0.3) is 0 Å². The number of nitrogens with zero attached hydrogens (tertiary/aromatic N) is 1. The van der Waals surface area contributed by atoms with E-state index in [0.717, 1.165) is 16.9 Å². The van der Waals surface area contributed by atoms with E-state index in [9.17, 15) is 4.79 Å². The van der Waals surface area contributed by atoms with Crippen molar-refractivity contribution < 1.29 is 4.79 Å². The zero-order chi connectivity index (χ0) is 13.0. The van der Waals surface area contributed by atoms with Crippen LogP contribution in [-0.2, 0) is 11.2 Å². The Kier molecular flexibility index (Phi) is 4.10. The number of hydrogen-bond acceptors (Lipinski definition) is 3. The molecule has 2 aromatic rings. The number of aryl methyl sites for hydroxylation is 2. The highest BCUT2D eigenvalue weighted by molar-refractivity contribution is 7.07. The van der Waals surface area contributed by atoms with Crippen LogP contribution < -0.4 is 5.32 Å². The summed E-state index contributed by atoms with van der Waals surface area (Å²) in [6.45, 7) is 4.06. The van der Waals surface area contributed by atoms with Crippen LogP contribution in [0.3, 0.4) is 0 Å². The summed E-state index contributed by atoms with van der Waals surface area (Å²) >= 11 is 1.56. The molecular weight excluding hydrogens is 244 g/mol. The molecule has 0 saturated heterocycles. The van der Waals surface area contributed by atoms with Gasteiger partial charge >= 0.3 is 0 Å². The van der Waals surface area contributed by atoms with Crippen molar-refractivity contribution in [3.63, 3.8) is 0 Å². The van der Waals surface area contributed by atoms with Gasteiger partial charge in [-0.25, -0.2) is 4.98 Å². The van der Waals surface area contributed by atoms with Gasteiger partial charge in [0.05, 0.1) is 11.2 Å². The summed E-state index contributed by atoms with van der Waals surface area (Å²) in [6.07, 6.45) is 1.16. The van der Waals surface area contributed by atoms with Crippen molar-refractivity contribution in [1.82, 2.24) is 4.98 Å². The lowest BCUT2D eigenvalue weighted by molar-refractivity contribution is -0.116. The molecule has 0 aliphatic carbocycles. The summed E-state index contributed by atoms with van der Waals surface area (Å²) in [7, 11) is 0. The number of rotatable bonds is 4. The van der Waals surface area contributed by atoms with Crippen molar-refractivity contribution >= 4 is 22.9 Å². The number of amides is 1. The molecule has 0 bridgehead atoms. The second-order valence-electron chi connectivity index (χ2n) is 4.28. The Morgan fingerprint density at radius 3 is 2.94 bits per heavy atom. The van der Waals surface area contributed by atoms with Gasteiger partial charge in [-0.05, 0) is 37.5 Å². The van der Waals surface area contributed by atoms with Gasteiger partial charge in [-0.2, -0.15) is 0 Å². The molecule has 4 heteroatoms. The molecule has 3 nitrogen and oxygen atoms in total. The van der Waals surface area contributed by atoms with Crippen molar-refractivity contribution in [2.75, 3.05) is 5.32 Å². The van der Waals surface area contributed by atoms with E-state index in [1.165, 1.54) is 5.56 Å². The van der Waals surface area contributed by atoms with Gasteiger partial charge in [-0.15, -0.1) is 11.3 Å². The van der Waals surface area contributed by atoms with Crippen LogP contribution in [0.5, 0.6) is 0 Å². The summed E-state index contributed by atoms with van der Waals surface area (Å²) < 4.78 is 0. The molecule has 0 fully saturated rings. The van der Waals surface area contributed by atoms with Gasteiger partial charge in [0.2, 0.25) is 5.91 Å². The zero-order valence-corrected chi connectivity index (χ0v) is 11.4. The molecule has 1 aromatic carbocycles. The van der Waals surface area contributed by atoms with Crippen LogP contribution in [0.15, 0.2) is 29.1 Å². The van der Waals surface area contributed by atoms with E-state index in [2.05, 4.69) is 10.3 Å². The van der Waals surface area contributed by atoms with E-state index in [4.69, 9.17) is 0 Å². The zero-order valence-electron chi connectivity index (χ0n) is 10.6.